The Balaban J connectivity index is 1.75. The summed E-state index contributed by atoms with van der Waals surface area (Å²) in [4.78, 5) is 42.0. The van der Waals surface area contributed by atoms with E-state index < -0.39 is 46.4 Å². The molecule has 5 rings (SSSR count). The molecule has 188 valence electrons. The van der Waals surface area contributed by atoms with Crippen molar-refractivity contribution in [3.63, 3.8) is 0 Å². The first kappa shape index (κ1) is 23.9. The standard InChI is InChI=1S/C27H34N2O6/c1-7-15-14-29-19(22(30)35-25(2,3)4)13-26-16-10-8-9-11-18(16)28-27(15,26)20(29)12-17(26)21(23(31)33-5)24(32)34-6/h7-11,17,19-21,28H,12-14H2,1-6H3/t17-,19+,20-,26-,27+/m1/s1. The van der Waals surface area contributed by atoms with E-state index in [4.69, 9.17) is 14.2 Å². The van der Waals surface area contributed by atoms with Gasteiger partial charge in [-0.05, 0) is 63.7 Å². The second kappa shape index (κ2) is 7.82. The second-order valence-corrected chi connectivity index (χ2v) is 11.1. The van der Waals surface area contributed by atoms with Crippen LogP contribution in [0.2, 0.25) is 0 Å². The third-order valence-corrected chi connectivity index (χ3v) is 8.57. The molecule has 3 fully saturated rings. The van der Waals surface area contributed by atoms with Crippen molar-refractivity contribution in [2.24, 2.45) is 11.8 Å². The summed E-state index contributed by atoms with van der Waals surface area (Å²) in [5, 5.41) is 3.84. The number of carbonyl (C=O) groups is 3. The summed E-state index contributed by atoms with van der Waals surface area (Å²) in [6, 6.07) is 7.44. The lowest BCUT2D eigenvalue weighted by Crippen LogP contribution is -2.65. The third-order valence-electron chi connectivity index (χ3n) is 8.57. The smallest absolute Gasteiger partial charge is 0.323 e. The van der Waals surface area contributed by atoms with Gasteiger partial charge in [0.05, 0.1) is 19.8 Å². The fourth-order valence-electron chi connectivity index (χ4n) is 7.58. The van der Waals surface area contributed by atoms with Crippen molar-refractivity contribution in [1.82, 2.24) is 4.90 Å². The van der Waals surface area contributed by atoms with Gasteiger partial charge in [-0.1, -0.05) is 24.3 Å². The number of para-hydroxylation sites is 1. The number of methoxy groups -OCH3 is 2. The predicted molar refractivity (Wildman–Crippen MR) is 129 cm³/mol. The van der Waals surface area contributed by atoms with Crippen LogP contribution in [0.1, 0.15) is 46.1 Å². The molecule has 8 nitrogen and oxygen atoms in total. The molecular formula is C27H34N2O6. The van der Waals surface area contributed by atoms with E-state index in [1.807, 2.05) is 45.9 Å². The minimum Gasteiger partial charge on any atom is -0.468 e. The molecule has 1 aliphatic carbocycles. The van der Waals surface area contributed by atoms with Crippen LogP contribution < -0.4 is 5.32 Å². The highest BCUT2D eigenvalue weighted by Gasteiger charge is 2.80. The minimum absolute atomic E-state index is 0.103. The number of hydrogen-bond acceptors (Lipinski definition) is 8. The van der Waals surface area contributed by atoms with Gasteiger partial charge in [0, 0.05) is 23.7 Å². The normalized spacial score (nSPS) is 35.3. The Morgan fingerprint density at radius 2 is 1.80 bits per heavy atom. The third kappa shape index (κ3) is 2.98. The number of rotatable bonds is 4. The van der Waals surface area contributed by atoms with Crippen molar-refractivity contribution in [2.75, 3.05) is 26.1 Å². The van der Waals surface area contributed by atoms with Crippen LogP contribution in [0, 0.1) is 11.8 Å². The van der Waals surface area contributed by atoms with Gasteiger partial charge in [0.2, 0.25) is 0 Å². The Hall–Kier alpha value is -2.87. The van der Waals surface area contributed by atoms with Crippen LogP contribution in [0.3, 0.4) is 0 Å². The second-order valence-electron chi connectivity index (χ2n) is 11.1. The number of carbonyl (C=O) groups excluding carboxylic acids is 3. The zero-order chi connectivity index (χ0) is 25.3. The maximum Gasteiger partial charge on any atom is 0.323 e. The van der Waals surface area contributed by atoms with Crippen LogP contribution in [0.15, 0.2) is 35.9 Å². The Labute approximate surface area is 206 Å². The largest absolute Gasteiger partial charge is 0.468 e. The molecule has 3 aliphatic heterocycles. The van der Waals surface area contributed by atoms with Gasteiger partial charge in [-0.3, -0.25) is 19.3 Å². The fraction of sp³-hybridized carbons (Fsp3) is 0.593. The number of hydrogen-bond donors (Lipinski definition) is 1. The van der Waals surface area contributed by atoms with Crippen LogP contribution in [-0.2, 0) is 34.0 Å². The fourth-order valence-corrected chi connectivity index (χ4v) is 7.58. The number of esters is 3. The number of piperidine rings is 1. The zero-order valence-corrected chi connectivity index (χ0v) is 21.2. The topological polar surface area (TPSA) is 94.2 Å². The van der Waals surface area contributed by atoms with Crippen LogP contribution in [-0.4, -0.2) is 66.8 Å². The molecule has 1 aromatic rings. The van der Waals surface area contributed by atoms with Crippen LogP contribution >= 0.6 is 0 Å². The minimum atomic E-state index is -1.10. The number of nitrogens with one attached hydrogen (secondary N) is 1. The van der Waals surface area contributed by atoms with Crippen molar-refractivity contribution >= 4 is 23.6 Å². The molecule has 3 heterocycles. The number of benzene rings is 1. The molecule has 0 radical (unpaired) electrons. The number of nitrogens with zero attached hydrogens (tertiary/aromatic N) is 1. The van der Waals surface area contributed by atoms with E-state index in [1.165, 1.54) is 19.8 Å². The first-order valence-corrected chi connectivity index (χ1v) is 12.2. The quantitative estimate of drug-likeness (QED) is 0.303. The van der Waals surface area contributed by atoms with Crippen LogP contribution in [0.25, 0.3) is 0 Å². The SMILES string of the molecule is CC=C1CN2[C@H](C(=O)OC(C)(C)C)C[C@]34c5ccccc5N[C@]13[C@H]2C[C@@H]4C(C(=O)OC)C(=O)OC. The number of fused-ring (bicyclic) bond motifs is 1. The first-order chi connectivity index (χ1) is 16.6. The van der Waals surface area contributed by atoms with Gasteiger partial charge in [-0.25, -0.2) is 0 Å². The van der Waals surface area contributed by atoms with Crippen LogP contribution in [0.5, 0.6) is 0 Å². The summed E-state index contributed by atoms with van der Waals surface area (Å²) >= 11 is 0. The molecule has 35 heavy (non-hydrogen) atoms. The van der Waals surface area contributed by atoms with Gasteiger partial charge in [-0.15, -0.1) is 0 Å². The van der Waals surface area contributed by atoms with Crippen LogP contribution in [0.4, 0.5) is 5.69 Å². The highest BCUT2D eigenvalue weighted by atomic mass is 16.6. The summed E-state index contributed by atoms with van der Waals surface area (Å²) in [6.07, 6.45) is 3.09. The lowest BCUT2D eigenvalue weighted by Gasteiger charge is -2.50. The lowest BCUT2D eigenvalue weighted by molar-refractivity contribution is -0.164. The van der Waals surface area contributed by atoms with E-state index in [1.54, 1.807) is 0 Å². The van der Waals surface area contributed by atoms with Gasteiger partial charge in [0.15, 0.2) is 5.92 Å². The van der Waals surface area contributed by atoms with Crippen molar-refractivity contribution in [3.05, 3.63) is 41.5 Å². The van der Waals surface area contributed by atoms with Gasteiger partial charge < -0.3 is 19.5 Å². The van der Waals surface area contributed by atoms with Gasteiger partial charge in [0.1, 0.15) is 11.6 Å². The average molecular weight is 483 g/mol. The monoisotopic (exact) mass is 482 g/mol. The maximum absolute atomic E-state index is 13.6. The summed E-state index contributed by atoms with van der Waals surface area (Å²) in [5.41, 5.74) is 1.31. The molecular weight excluding hydrogens is 448 g/mol. The van der Waals surface area contributed by atoms with Crippen molar-refractivity contribution in [3.8, 4) is 0 Å². The predicted octanol–water partition coefficient (Wildman–Crippen LogP) is 2.82. The van der Waals surface area contributed by atoms with E-state index in [-0.39, 0.29) is 12.0 Å². The van der Waals surface area contributed by atoms with E-state index >= 15 is 0 Å². The van der Waals surface area contributed by atoms with E-state index in [9.17, 15) is 14.4 Å². The molecule has 1 unspecified atom stereocenters. The van der Waals surface area contributed by atoms with Gasteiger partial charge in [0.25, 0.3) is 0 Å². The van der Waals surface area contributed by atoms with E-state index in [0.29, 0.717) is 19.4 Å². The average Bonchev–Trinajstić information content (AvgIpc) is 3.29. The number of anilines is 1. The Bertz CT molecular complexity index is 1110. The molecule has 8 heteroatoms. The first-order valence-electron chi connectivity index (χ1n) is 12.2. The summed E-state index contributed by atoms with van der Waals surface area (Å²) in [6.45, 7) is 8.24. The molecule has 0 aromatic heterocycles. The van der Waals surface area contributed by atoms with Gasteiger partial charge in [-0.2, -0.15) is 0 Å². The zero-order valence-electron chi connectivity index (χ0n) is 21.2. The summed E-state index contributed by atoms with van der Waals surface area (Å²) < 4.78 is 16.1. The molecule has 1 aromatic carbocycles. The lowest BCUT2D eigenvalue weighted by atomic mass is 9.57. The molecule has 1 N–H and O–H groups in total. The summed E-state index contributed by atoms with van der Waals surface area (Å²) in [5.74, 6) is -3.01. The molecule has 1 saturated carbocycles. The van der Waals surface area contributed by atoms with Crippen molar-refractivity contribution < 1.29 is 28.6 Å². The molecule has 0 amide bonds. The van der Waals surface area contributed by atoms with E-state index in [2.05, 4.69) is 22.4 Å². The number of ether oxygens (including phenoxy) is 3. The Morgan fingerprint density at radius 1 is 1.14 bits per heavy atom. The molecule has 2 saturated heterocycles. The summed E-state index contributed by atoms with van der Waals surface area (Å²) in [7, 11) is 2.59. The van der Waals surface area contributed by atoms with Gasteiger partial charge >= 0.3 is 17.9 Å². The van der Waals surface area contributed by atoms with Crippen molar-refractivity contribution in [1.29, 1.82) is 0 Å². The molecule has 6 atom stereocenters. The van der Waals surface area contributed by atoms with Crippen molar-refractivity contribution in [2.45, 2.75) is 69.2 Å². The molecule has 4 bridgehead atoms. The Morgan fingerprint density at radius 3 is 2.40 bits per heavy atom. The number of allylic oxidation sites excluding steroid dienone is 1. The van der Waals surface area contributed by atoms with E-state index in [0.717, 1.165) is 11.3 Å². The maximum atomic E-state index is 13.6. The Kier molecular flexibility index (Phi) is 5.33. The molecule has 4 aliphatic rings. The highest BCUT2D eigenvalue weighted by molar-refractivity contribution is 5.96. The highest BCUT2D eigenvalue weighted by Crippen LogP contribution is 2.71. The molecule has 1 spiro atoms.